The highest BCUT2D eigenvalue weighted by Crippen LogP contribution is 2.05. The van der Waals surface area contributed by atoms with Crippen LogP contribution in [0, 0.1) is 6.92 Å². The van der Waals surface area contributed by atoms with Crippen LogP contribution in [0.3, 0.4) is 0 Å². The van der Waals surface area contributed by atoms with Gasteiger partial charge in [-0.25, -0.2) is 15.8 Å². The Hall–Kier alpha value is -1.62. The molecule has 0 aromatic carbocycles. The minimum Gasteiger partial charge on any atom is -0.322 e. The first-order valence-electron chi connectivity index (χ1n) is 3.44. The predicted octanol–water partition coefficient (Wildman–Crippen LogP) is -0.0279. The Morgan fingerprint density at radius 2 is 2.33 bits per heavy atom. The smallest absolute Gasteiger partial charge is 0.148 e. The average Bonchev–Trinajstić information content (AvgIpc) is 2.06. The summed E-state index contributed by atoms with van der Waals surface area (Å²) in [5, 5.41) is 4.52. The van der Waals surface area contributed by atoms with E-state index in [2.05, 4.69) is 10.1 Å². The van der Waals surface area contributed by atoms with Crippen LogP contribution in [0.2, 0.25) is 0 Å². The summed E-state index contributed by atoms with van der Waals surface area (Å²) in [6, 6.07) is 3.70. The number of anilines is 1. The molecular weight excluding hydrogens is 154 g/mol. The molecule has 0 radical (unpaired) electrons. The van der Waals surface area contributed by atoms with Gasteiger partial charge >= 0.3 is 0 Å². The first-order chi connectivity index (χ1) is 5.74. The number of aryl methyl sites for hydroxylation is 1. The fourth-order valence-corrected chi connectivity index (χ4v) is 0.744. The van der Waals surface area contributed by atoms with E-state index in [1.807, 2.05) is 13.0 Å². The zero-order valence-electron chi connectivity index (χ0n) is 6.81. The third-order valence-electron chi connectivity index (χ3n) is 1.35. The molecule has 1 aromatic heterocycles. The first kappa shape index (κ1) is 8.48. The second kappa shape index (κ2) is 3.68. The van der Waals surface area contributed by atoms with E-state index >= 15 is 0 Å². The van der Waals surface area contributed by atoms with Crippen LogP contribution in [-0.4, -0.2) is 11.3 Å². The Morgan fingerprint density at radius 1 is 1.58 bits per heavy atom. The molecule has 0 spiro atoms. The number of rotatable bonds is 2. The van der Waals surface area contributed by atoms with E-state index in [-0.39, 0.29) is 0 Å². The Balaban J connectivity index is 2.82. The molecule has 0 saturated carbocycles. The molecule has 12 heavy (non-hydrogen) atoms. The third kappa shape index (κ3) is 1.93. The van der Waals surface area contributed by atoms with E-state index in [1.165, 1.54) is 11.3 Å². The van der Waals surface area contributed by atoms with Crippen molar-refractivity contribution < 1.29 is 0 Å². The molecule has 0 aliphatic rings. The monoisotopic (exact) mass is 165 g/mol. The molecule has 5 nitrogen and oxygen atoms in total. The van der Waals surface area contributed by atoms with Gasteiger partial charge in [0.05, 0.1) is 0 Å². The zero-order chi connectivity index (χ0) is 8.97. The summed E-state index contributed by atoms with van der Waals surface area (Å²) in [6.45, 7) is 1.95. The molecule has 1 rings (SSSR count). The van der Waals surface area contributed by atoms with Gasteiger partial charge < -0.3 is 5.84 Å². The maximum absolute atomic E-state index is 5.50. The lowest BCUT2D eigenvalue weighted by atomic mass is 10.3. The molecule has 0 bridgehead atoms. The van der Waals surface area contributed by atoms with E-state index in [0.29, 0.717) is 5.82 Å². The van der Waals surface area contributed by atoms with Crippen LogP contribution in [0.15, 0.2) is 23.4 Å². The molecule has 0 amide bonds. The largest absolute Gasteiger partial charge is 0.322 e. The maximum atomic E-state index is 5.50. The van der Waals surface area contributed by atoms with Gasteiger partial charge in [0.1, 0.15) is 12.2 Å². The summed E-state index contributed by atoms with van der Waals surface area (Å²) < 4.78 is 0. The van der Waals surface area contributed by atoms with Crippen molar-refractivity contribution in [1.82, 2.24) is 4.98 Å². The van der Waals surface area contributed by atoms with Crippen molar-refractivity contribution in [2.75, 3.05) is 5.01 Å². The topological polar surface area (TPSA) is 80.5 Å². The van der Waals surface area contributed by atoms with Crippen LogP contribution >= 0.6 is 0 Å². The van der Waals surface area contributed by atoms with Crippen molar-refractivity contribution in [3.05, 3.63) is 23.9 Å². The van der Waals surface area contributed by atoms with Gasteiger partial charge in [-0.05, 0) is 18.6 Å². The molecule has 64 valence electrons. The number of hydrogen-bond acceptors (Lipinski definition) is 4. The van der Waals surface area contributed by atoms with Gasteiger partial charge in [0.15, 0.2) is 0 Å². The Kier molecular flexibility index (Phi) is 2.60. The van der Waals surface area contributed by atoms with Gasteiger partial charge in [-0.1, -0.05) is 6.07 Å². The number of hydrazine groups is 1. The maximum Gasteiger partial charge on any atom is 0.148 e. The van der Waals surface area contributed by atoms with Crippen molar-refractivity contribution in [3.8, 4) is 0 Å². The van der Waals surface area contributed by atoms with Crippen LogP contribution in [0.5, 0.6) is 0 Å². The van der Waals surface area contributed by atoms with Crippen LogP contribution in [-0.2, 0) is 0 Å². The zero-order valence-corrected chi connectivity index (χ0v) is 6.81. The highest BCUT2D eigenvalue weighted by molar-refractivity contribution is 5.75. The minimum absolute atomic E-state index is 0.606. The predicted molar refractivity (Wildman–Crippen MR) is 48.3 cm³/mol. The molecular formula is C7H11N5. The van der Waals surface area contributed by atoms with Gasteiger partial charge in [0.25, 0.3) is 0 Å². The summed E-state index contributed by atoms with van der Waals surface area (Å²) >= 11 is 0. The van der Waals surface area contributed by atoms with Crippen molar-refractivity contribution >= 4 is 12.2 Å². The Labute approximate surface area is 70.7 Å². The number of nitrogens with two attached hydrogens (primary N) is 2. The van der Waals surface area contributed by atoms with E-state index < -0.39 is 0 Å². The van der Waals surface area contributed by atoms with Crippen molar-refractivity contribution in [2.45, 2.75) is 6.92 Å². The van der Waals surface area contributed by atoms with Gasteiger partial charge in [0, 0.05) is 6.20 Å². The van der Waals surface area contributed by atoms with E-state index in [9.17, 15) is 0 Å². The van der Waals surface area contributed by atoms with Gasteiger partial charge in [-0.15, -0.1) is 0 Å². The fourth-order valence-electron chi connectivity index (χ4n) is 0.744. The third-order valence-corrected chi connectivity index (χ3v) is 1.35. The molecule has 0 fully saturated rings. The summed E-state index contributed by atoms with van der Waals surface area (Å²) in [6.07, 6.45) is 3.01. The van der Waals surface area contributed by atoms with Gasteiger partial charge in [0.2, 0.25) is 0 Å². The number of nitrogens with zero attached hydrogens (tertiary/aromatic N) is 3. The number of aromatic nitrogens is 1. The lowest BCUT2D eigenvalue weighted by Crippen LogP contribution is -2.30. The second-order valence-electron chi connectivity index (χ2n) is 2.37. The second-order valence-corrected chi connectivity index (χ2v) is 2.37. The Bertz CT molecular complexity index is 266. The molecule has 0 saturated heterocycles. The van der Waals surface area contributed by atoms with Crippen LogP contribution in [0.4, 0.5) is 5.82 Å². The molecule has 0 aliphatic carbocycles. The van der Waals surface area contributed by atoms with Crippen molar-refractivity contribution in [1.29, 1.82) is 0 Å². The van der Waals surface area contributed by atoms with Crippen LogP contribution < -0.4 is 16.7 Å². The van der Waals surface area contributed by atoms with E-state index in [4.69, 9.17) is 11.7 Å². The SMILES string of the molecule is Cc1ccc(N(N)/C=N\N)nc1. The fraction of sp³-hybridized carbons (Fsp3) is 0.143. The minimum atomic E-state index is 0.606. The summed E-state index contributed by atoms with van der Waals surface area (Å²) in [4.78, 5) is 4.05. The Morgan fingerprint density at radius 3 is 2.83 bits per heavy atom. The molecule has 5 heteroatoms. The van der Waals surface area contributed by atoms with Crippen molar-refractivity contribution in [3.63, 3.8) is 0 Å². The van der Waals surface area contributed by atoms with Crippen molar-refractivity contribution in [2.24, 2.45) is 16.8 Å². The molecule has 1 heterocycles. The van der Waals surface area contributed by atoms with Crippen LogP contribution in [0.25, 0.3) is 0 Å². The normalized spacial score (nSPS) is 10.5. The molecule has 4 N–H and O–H groups in total. The number of hydrazone groups is 1. The van der Waals surface area contributed by atoms with E-state index in [0.717, 1.165) is 5.56 Å². The van der Waals surface area contributed by atoms with Gasteiger partial charge in [-0.3, -0.25) is 0 Å². The van der Waals surface area contributed by atoms with Crippen LogP contribution in [0.1, 0.15) is 5.56 Å². The lowest BCUT2D eigenvalue weighted by Gasteiger charge is -2.09. The highest BCUT2D eigenvalue weighted by Gasteiger charge is 1.97. The molecule has 1 aromatic rings. The van der Waals surface area contributed by atoms with Gasteiger partial charge in [-0.2, -0.15) is 5.10 Å². The summed E-state index contributed by atoms with van der Waals surface area (Å²) in [5.74, 6) is 11.0. The summed E-state index contributed by atoms with van der Waals surface area (Å²) in [7, 11) is 0. The molecule has 0 aliphatic heterocycles. The summed E-state index contributed by atoms with van der Waals surface area (Å²) in [5.41, 5.74) is 1.08. The first-order valence-corrected chi connectivity index (χ1v) is 3.44. The number of hydrogen-bond donors (Lipinski definition) is 2. The standard InChI is InChI=1S/C7H11N5/c1-6-2-3-7(10-4-6)12(9)5-11-8/h2-5H,8-9H2,1H3/b11-5-. The lowest BCUT2D eigenvalue weighted by molar-refractivity contribution is 1.07. The molecule has 0 unspecified atom stereocenters. The van der Waals surface area contributed by atoms with E-state index in [1.54, 1.807) is 12.3 Å². The average molecular weight is 165 g/mol. The quantitative estimate of drug-likeness (QED) is 0.279. The molecule has 0 atom stereocenters. The number of pyridine rings is 1. The highest BCUT2D eigenvalue weighted by atomic mass is 15.4.